The molecule has 0 aromatic heterocycles. The normalized spacial score (nSPS) is 19.6. The van der Waals surface area contributed by atoms with Crippen molar-refractivity contribution >= 4 is 29.2 Å². The molecule has 1 spiro atoms. The first-order chi connectivity index (χ1) is 11.5. The minimum Gasteiger partial charge on any atom is -0.478 e. The fraction of sp³-hybridized carbons (Fsp3) is 0.474. The molecule has 1 aromatic rings. The first-order valence-corrected chi connectivity index (χ1v) is 8.93. The molecule has 24 heavy (non-hydrogen) atoms. The lowest BCUT2D eigenvalue weighted by molar-refractivity contribution is -0.113. The summed E-state index contributed by atoms with van der Waals surface area (Å²) >= 11 is 6.10. The van der Waals surface area contributed by atoms with Crippen LogP contribution in [0.3, 0.4) is 0 Å². The molecule has 1 saturated carbocycles. The first-order valence-electron chi connectivity index (χ1n) is 8.56. The predicted octanol–water partition coefficient (Wildman–Crippen LogP) is 5.04. The summed E-state index contributed by atoms with van der Waals surface area (Å²) in [6.07, 6.45) is 11.1. The highest BCUT2D eigenvalue weighted by Crippen LogP contribution is 2.45. The minimum atomic E-state index is -1.10. The number of halogens is 1. The van der Waals surface area contributed by atoms with Crippen LogP contribution in [0.15, 0.2) is 29.8 Å². The van der Waals surface area contributed by atoms with E-state index in [1.165, 1.54) is 25.3 Å². The number of allylic oxidation sites excluding steroid dienone is 1. The second-order valence-electron chi connectivity index (χ2n) is 6.87. The number of benzene rings is 1. The van der Waals surface area contributed by atoms with E-state index in [0.29, 0.717) is 0 Å². The first kappa shape index (κ1) is 17.0. The average molecular weight is 348 g/mol. The van der Waals surface area contributed by atoms with Crippen LogP contribution in [0.2, 0.25) is 5.02 Å². The number of nitrogens with one attached hydrogen (secondary N) is 1. The highest BCUT2D eigenvalue weighted by Gasteiger charge is 2.33. The largest absolute Gasteiger partial charge is 0.478 e. The molecule has 1 amide bonds. The van der Waals surface area contributed by atoms with Gasteiger partial charge in [0.25, 0.3) is 5.91 Å². The van der Waals surface area contributed by atoms with E-state index in [2.05, 4.69) is 11.4 Å². The maximum atomic E-state index is 12.7. The molecule has 3 rings (SSSR count). The maximum Gasteiger partial charge on any atom is 0.337 e. The topological polar surface area (TPSA) is 66.4 Å². The SMILES string of the molecule is O=C(Nc1c(Cl)cccc1C(=O)O)C1=CC2(CCCCC2)CCC1. The number of rotatable bonds is 3. The van der Waals surface area contributed by atoms with Crippen molar-refractivity contribution in [1.29, 1.82) is 0 Å². The van der Waals surface area contributed by atoms with E-state index >= 15 is 0 Å². The maximum absolute atomic E-state index is 12.7. The number of hydrogen-bond acceptors (Lipinski definition) is 2. The Labute approximate surface area is 146 Å². The van der Waals surface area contributed by atoms with Crippen molar-refractivity contribution in [1.82, 2.24) is 0 Å². The van der Waals surface area contributed by atoms with Crippen LogP contribution < -0.4 is 5.32 Å². The molecule has 0 radical (unpaired) electrons. The van der Waals surface area contributed by atoms with Crippen LogP contribution in [0.4, 0.5) is 5.69 Å². The van der Waals surface area contributed by atoms with Crippen LogP contribution in [-0.2, 0) is 4.79 Å². The second kappa shape index (κ2) is 6.98. The van der Waals surface area contributed by atoms with E-state index in [1.54, 1.807) is 12.1 Å². The van der Waals surface area contributed by atoms with Crippen LogP contribution in [0.5, 0.6) is 0 Å². The van der Waals surface area contributed by atoms with Crippen molar-refractivity contribution in [3.05, 3.63) is 40.4 Å². The van der Waals surface area contributed by atoms with Crippen molar-refractivity contribution in [2.45, 2.75) is 51.4 Å². The smallest absolute Gasteiger partial charge is 0.337 e. The summed E-state index contributed by atoms with van der Waals surface area (Å²) < 4.78 is 0. The molecule has 0 heterocycles. The molecule has 2 aliphatic carbocycles. The molecule has 5 heteroatoms. The molecule has 2 aliphatic rings. The Balaban J connectivity index is 1.84. The van der Waals surface area contributed by atoms with Crippen LogP contribution >= 0.6 is 11.6 Å². The monoisotopic (exact) mass is 347 g/mol. The van der Waals surface area contributed by atoms with E-state index in [4.69, 9.17) is 11.6 Å². The summed E-state index contributed by atoms with van der Waals surface area (Å²) in [4.78, 5) is 24.0. The Morgan fingerprint density at radius 1 is 1.08 bits per heavy atom. The van der Waals surface area contributed by atoms with Gasteiger partial charge in [0.05, 0.1) is 16.3 Å². The van der Waals surface area contributed by atoms with Gasteiger partial charge >= 0.3 is 5.97 Å². The lowest BCUT2D eigenvalue weighted by atomic mass is 9.67. The van der Waals surface area contributed by atoms with Crippen LogP contribution in [0, 0.1) is 5.41 Å². The Morgan fingerprint density at radius 3 is 2.50 bits per heavy atom. The number of carboxylic acid groups (broad SMARTS) is 1. The van der Waals surface area contributed by atoms with Gasteiger partial charge in [-0.05, 0) is 49.7 Å². The van der Waals surface area contributed by atoms with Crippen LogP contribution in [-0.4, -0.2) is 17.0 Å². The molecular formula is C19H22ClNO3. The van der Waals surface area contributed by atoms with Gasteiger partial charge in [0, 0.05) is 5.57 Å². The fourth-order valence-electron chi connectivity index (χ4n) is 4.00. The van der Waals surface area contributed by atoms with Crippen LogP contribution in [0.25, 0.3) is 0 Å². The third-order valence-corrected chi connectivity index (χ3v) is 5.54. The van der Waals surface area contributed by atoms with Gasteiger partial charge in [-0.3, -0.25) is 4.79 Å². The zero-order valence-corrected chi connectivity index (χ0v) is 14.4. The van der Waals surface area contributed by atoms with Gasteiger partial charge in [-0.2, -0.15) is 0 Å². The van der Waals surface area contributed by atoms with Gasteiger partial charge in [0.2, 0.25) is 0 Å². The lowest BCUT2D eigenvalue weighted by Crippen LogP contribution is -2.28. The van der Waals surface area contributed by atoms with Crippen molar-refractivity contribution in [3.8, 4) is 0 Å². The average Bonchev–Trinajstić information content (AvgIpc) is 2.57. The Bertz CT molecular complexity index is 690. The number of carbonyl (C=O) groups excluding carboxylic acids is 1. The number of aromatic carboxylic acids is 1. The molecule has 1 aromatic carbocycles. The number of anilines is 1. The van der Waals surface area contributed by atoms with Gasteiger partial charge in [0.15, 0.2) is 0 Å². The van der Waals surface area contributed by atoms with E-state index < -0.39 is 5.97 Å². The lowest BCUT2D eigenvalue weighted by Gasteiger charge is -2.38. The summed E-state index contributed by atoms with van der Waals surface area (Å²) in [5.41, 5.74) is 1.12. The Morgan fingerprint density at radius 2 is 1.79 bits per heavy atom. The van der Waals surface area contributed by atoms with Gasteiger partial charge in [-0.1, -0.05) is 43.0 Å². The number of carbonyl (C=O) groups is 2. The summed E-state index contributed by atoms with van der Waals surface area (Å²) in [7, 11) is 0. The molecule has 128 valence electrons. The van der Waals surface area contributed by atoms with Gasteiger partial charge in [0.1, 0.15) is 0 Å². The van der Waals surface area contributed by atoms with Gasteiger partial charge < -0.3 is 10.4 Å². The third-order valence-electron chi connectivity index (χ3n) is 5.22. The number of para-hydroxylation sites is 1. The predicted molar refractivity (Wildman–Crippen MR) is 94.5 cm³/mol. The van der Waals surface area contributed by atoms with E-state index in [-0.39, 0.29) is 27.6 Å². The Kier molecular flexibility index (Phi) is 4.95. The molecule has 0 aliphatic heterocycles. The highest BCUT2D eigenvalue weighted by atomic mass is 35.5. The van der Waals surface area contributed by atoms with Crippen LogP contribution in [0.1, 0.15) is 61.7 Å². The van der Waals surface area contributed by atoms with Crippen molar-refractivity contribution < 1.29 is 14.7 Å². The van der Waals surface area contributed by atoms with Gasteiger partial charge in [-0.15, -0.1) is 0 Å². The quantitative estimate of drug-likeness (QED) is 0.805. The van der Waals surface area contributed by atoms with E-state index in [0.717, 1.165) is 37.7 Å². The van der Waals surface area contributed by atoms with Gasteiger partial charge in [-0.25, -0.2) is 4.79 Å². The molecule has 0 saturated heterocycles. The molecule has 1 fully saturated rings. The van der Waals surface area contributed by atoms with Crippen molar-refractivity contribution in [3.63, 3.8) is 0 Å². The van der Waals surface area contributed by atoms with Crippen molar-refractivity contribution in [2.75, 3.05) is 5.32 Å². The number of hydrogen-bond donors (Lipinski definition) is 2. The zero-order chi connectivity index (χ0) is 17.2. The zero-order valence-electron chi connectivity index (χ0n) is 13.6. The summed E-state index contributed by atoms with van der Waals surface area (Å²) in [5.74, 6) is -1.33. The Hall–Kier alpha value is -1.81. The number of carboxylic acids is 1. The molecule has 0 atom stereocenters. The van der Waals surface area contributed by atoms with E-state index in [1.807, 2.05) is 0 Å². The summed E-state index contributed by atoms with van der Waals surface area (Å²) in [6, 6.07) is 4.60. The van der Waals surface area contributed by atoms with E-state index in [9.17, 15) is 14.7 Å². The van der Waals surface area contributed by atoms with Crippen molar-refractivity contribution in [2.24, 2.45) is 5.41 Å². The third kappa shape index (κ3) is 3.48. The molecular weight excluding hydrogens is 326 g/mol. The molecule has 4 nitrogen and oxygen atoms in total. The molecule has 0 unspecified atom stereocenters. The standard InChI is InChI=1S/C19H22ClNO3/c20-15-8-4-7-14(18(23)24)16(15)21-17(22)13-6-5-11-19(12-13)9-2-1-3-10-19/h4,7-8,12H,1-3,5-6,9-11H2,(H,21,22)(H,23,24). The minimum absolute atomic E-state index is 0.0136. The summed E-state index contributed by atoms with van der Waals surface area (Å²) in [6.45, 7) is 0. The molecule has 0 bridgehead atoms. The second-order valence-corrected chi connectivity index (χ2v) is 7.28. The molecule has 2 N–H and O–H groups in total. The fourth-order valence-corrected chi connectivity index (χ4v) is 4.22. The highest BCUT2D eigenvalue weighted by molar-refractivity contribution is 6.34. The summed E-state index contributed by atoms with van der Waals surface area (Å²) in [5, 5.41) is 12.3. The number of amides is 1.